The van der Waals surface area contributed by atoms with Crippen LogP contribution in [0.3, 0.4) is 0 Å². The van der Waals surface area contributed by atoms with Crippen molar-refractivity contribution in [2.24, 2.45) is 0 Å². The van der Waals surface area contributed by atoms with Crippen molar-refractivity contribution in [3.63, 3.8) is 0 Å². The Morgan fingerprint density at radius 3 is 2.46 bits per heavy atom. The van der Waals surface area contributed by atoms with E-state index in [1.165, 1.54) is 20.3 Å². The van der Waals surface area contributed by atoms with E-state index in [1.807, 2.05) is 0 Å². The standard InChI is InChI=1S/C9H14O4/c1-12-8(10)6-4-3-5-7-9(11)13-2/h4,6H,3,5,7H2,1-2H3. The summed E-state index contributed by atoms with van der Waals surface area (Å²) in [6.45, 7) is 0. The first-order chi connectivity index (χ1) is 6.20. The topological polar surface area (TPSA) is 52.6 Å². The van der Waals surface area contributed by atoms with Gasteiger partial charge in [0, 0.05) is 12.5 Å². The highest BCUT2D eigenvalue weighted by Gasteiger charge is 1.97. The molecule has 0 amide bonds. The monoisotopic (exact) mass is 186 g/mol. The number of methoxy groups -OCH3 is 2. The Balaban J connectivity index is 3.40. The molecular weight excluding hydrogens is 172 g/mol. The van der Waals surface area contributed by atoms with Crippen molar-refractivity contribution in [2.75, 3.05) is 14.2 Å². The van der Waals surface area contributed by atoms with E-state index in [9.17, 15) is 9.59 Å². The van der Waals surface area contributed by atoms with Crippen LogP contribution in [0.2, 0.25) is 0 Å². The number of allylic oxidation sites excluding steroid dienone is 1. The Morgan fingerprint density at radius 2 is 1.92 bits per heavy atom. The third kappa shape index (κ3) is 7.05. The van der Waals surface area contributed by atoms with Gasteiger partial charge in [-0.1, -0.05) is 6.08 Å². The van der Waals surface area contributed by atoms with E-state index in [0.29, 0.717) is 19.3 Å². The lowest BCUT2D eigenvalue weighted by atomic mass is 10.2. The van der Waals surface area contributed by atoms with Crippen molar-refractivity contribution in [3.8, 4) is 0 Å². The molecule has 0 aromatic carbocycles. The van der Waals surface area contributed by atoms with Gasteiger partial charge in [-0.3, -0.25) is 4.79 Å². The number of hydrogen-bond donors (Lipinski definition) is 0. The molecule has 0 bridgehead atoms. The average molecular weight is 186 g/mol. The largest absolute Gasteiger partial charge is 0.469 e. The zero-order chi connectivity index (χ0) is 10.1. The van der Waals surface area contributed by atoms with Crippen molar-refractivity contribution in [3.05, 3.63) is 12.2 Å². The van der Waals surface area contributed by atoms with Crippen LogP contribution in [-0.2, 0) is 19.1 Å². The Hall–Kier alpha value is -1.32. The number of esters is 2. The third-order valence-electron chi connectivity index (χ3n) is 1.43. The minimum absolute atomic E-state index is 0.230. The van der Waals surface area contributed by atoms with Gasteiger partial charge in [-0.05, 0) is 12.8 Å². The van der Waals surface area contributed by atoms with E-state index in [1.54, 1.807) is 6.08 Å². The van der Waals surface area contributed by atoms with E-state index in [0.717, 1.165) is 0 Å². The molecule has 0 heterocycles. The Labute approximate surface area is 77.5 Å². The smallest absolute Gasteiger partial charge is 0.330 e. The number of rotatable bonds is 5. The highest BCUT2D eigenvalue weighted by molar-refractivity contribution is 5.81. The lowest BCUT2D eigenvalue weighted by Crippen LogP contribution is -1.99. The molecule has 0 atom stereocenters. The van der Waals surface area contributed by atoms with Gasteiger partial charge < -0.3 is 9.47 Å². The summed E-state index contributed by atoms with van der Waals surface area (Å²) in [6.07, 6.45) is 4.75. The Morgan fingerprint density at radius 1 is 1.23 bits per heavy atom. The predicted molar refractivity (Wildman–Crippen MR) is 47.0 cm³/mol. The van der Waals surface area contributed by atoms with Crippen molar-refractivity contribution in [1.82, 2.24) is 0 Å². The number of unbranched alkanes of at least 4 members (excludes halogenated alkanes) is 1. The van der Waals surface area contributed by atoms with E-state index in [4.69, 9.17) is 0 Å². The van der Waals surface area contributed by atoms with E-state index >= 15 is 0 Å². The summed E-state index contributed by atoms with van der Waals surface area (Å²) in [7, 11) is 2.67. The summed E-state index contributed by atoms with van der Waals surface area (Å²) in [6, 6.07) is 0. The van der Waals surface area contributed by atoms with Gasteiger partial charge in [-0.2, -0.15) is 0 Å². The van der Waals surface area contributed by atoms with E-state index < -0.39 is 0 Å². The number of ether oxygens (including phenoxy) is 2. The van der Waals surface area contributed by atoms with Gasteiger partial charge in [0.05, 0.1) is 14.2 Å². The molecule has 13 heavy (non-hydrogen) atoms. The quantitative estimate of drug-likeness (QED) is 0.366. The van der Waals surface area contributed by atoms with Crippen LogP contribution in [0, 0.1) is 0 Å². The highest BCUT2D eigenvalue weighted by Crippen LogP contribution is 1.98. The van der Waals surface area contributed by atoms with Crippen LogP contribution in [-0.4, -0.2) is 26.2 Å². The van der Waals surface area contributed by atoms with Crippen LogP contribution in [0.15, 0.2) is 12.2 Å². The summed E-state index contributed by atoms with van der Waals surface area (Å²) >= 11 is 0. The summed E-state index contributed by atoms with van der Waals surface area (Å²) in [5, 5.41) is 0. The second-order valence-electron chi connectivity index (χ2n) is 2.39. The molecule has 0 rings (SSSR count). The molecule has 0 aromatic rings. The first-order valence-corrected chi connectivity index (χ1v) is 4.02. The lowest BCUT2D eigenvalue weighted by molar-refractivity contribution is -0.140. The fraction of sp³-hybridized carbons (Fsp3) is 0.556. The molecule has 0 saturated carbocycles. The molecule has 4 heteroatoms. The summed E-state index contributed by atoms with van der Waals surface area (Å²) in [4.78, 5) is 21.2. The van der Waals surface area contributed by atoms with E-state index in [2.05, 4.69) is 9.47 Å². The molecule has 0 aliphatic heterocycles. The van der Waals surface area contributed by atoms with Crippen molar-refractivity contribution < 1.29 is 19.1 Å². The average Bonchev–Trinajstić information content (AvgIpc) is 2.16. The van der Waals surface area contributed by atoms with Crippen LogP contribution in [0.5, 0.6) is 0 Å². The molecule has 0 aromatic heterocycles. The van der Waals surface area contributed by atoms with Crippen LogP contribution in [0.25, 0.3) is 0 Å². The maximum absolute atomic E-state index is 10.6. The summed E-state index contributed by atoms with van der Waals surface area (Å²) < 4.78 is 8.83. The van der Waals surface area contributed by atoms with Crippen LogP contribution < -0.4 is 0 Å². The zero-order valence-electron chi connectivity index (χ0n) is 7.91. The Kier molecular flexibility index (Phi) is 6.59. The normalized spacial score (nSPS) is 10.0. The second kappa shape index (κ2) is 7.34. The van der Waals surface area contributed by atoms with Crippen LogP contribution >= 0.6 is 0 Å². The van der Waals surface area contributed by atoms with Crippen LogP contribution in [0.4, 0.5) is 0 Å². The maximum Gasteiger partial charge on any atom is 0.330 e. The lowest BCUT2D eigenvalue weighted by Gasteiger charge is -1.95. The molecule has 0 aliphatic rings. The molecule has 0 saturated heterocycles. The van der Waals surface area contributed by atoms with E-state index in [-0.39, 0.29) is 11.9 Å². The van der Waals surface area contributed by atoms with Crippen LogP contribution in [0.1, 0.15) is 19.3 Å². The summed E-state index contributed by atoms with van der Waals surface area (Å²) in [5.41, 5.74) is 0. The van der Waals surface area contributed by atoms with Gasteiger partial charge in [0.25, 0.3) is 0 Å². The van der Waals surface area contributed by atoms with Gasteiger partial charge in [-0.25, -0.2) is 4.79 Å². The molecular formula is C9H14O4. The van der Waals surface area contributed by atoms with Gasteiger partial charge in [0.15, 0.2) is 0 Å². The van der Waals surface area contributed by atoms with Gasteiger partial charge >= 0.3 is 11.9 Å². The number of hydrogen-bond acceptors (Lipinski definition) is 4. The molecule has 0 aliphatic carbocycles. The van der Waals surface area contributed by atoms with Gasteiger partial charge in [-0.15, -0.1) is 0 Å². The van der Waals surface area contributed by atoms with Crippen molar-refractivity contribution >= 4 is 11.9 Å². The molecule has 0 spiro atoms. The molecule has 4 nitrogen and oxygen atoms in total. The van der Waals surface area contributed by atoms with Crippen molar-refractivity contribution in [2.45, 2.75) is 19.3 Å². The molecule has 0 fully saturated rings. The SMILES string of the molecule is COC(=O)C=CCCCC(=O)OC. The Bertz CT molecular complexity index is 196. The maximum atomic E-state index is 10.6. The molecule has 0 unspecified atom stereocenters. The molecule has 74 valence electrons. The minimum atomic E-state index is -0.377. The summed E-state index contributed by atoms with van der Waals surface area (Å²) in [5.74, 6) is -0.607. The fourth-order valence-corrected chi connectivity index (χ4v) is 0.714. The first-order valence-electron chi connectivity index (χ1n) is 4.02. The molecule has 0 N–H and O–H groups in total. The predicted octanol–water partition coefficient (Wildman–Crippen LogP) is 1.06. The second-order valence-corrected chi connectivity index (χ2v) is 2.39. The highest BCUT2D eigenvalue weighted by atomic mass is 16.5. The fourth-order valence-electron chi connectivity index (χ4n) is 0.714. The van der Waals surface area contributed by atoms with Crippen molar-refractivity contribution in [1.29, 1.82) is 0 Å². The third-order valence-corrected chi connectivity index (χ3v) is 1.43. The molecule has 0 radical (unpaired) electrons. The first kappa shape index (κ1) is 11.7. The zero-order valence-corrected chi connectivity index (χ0v) is 7.91. The number of carbonyl (C=O) groups is 2. The minimum Gasteiger partial charge on any atom is -0.469 e. The van der Waals surface area contributed by atoms with Gasteiger partial charge in [0.1, 0.15) is 0 Å². The van der Waals surface area contributed by atoms with Gasteiger partial charge in [0.2, 0.25) is 0 Å². The number of carbonyl (C=O) groups excluding carboxylic acids is 2.